The Kier molecular flexibility index (Phi) is 5.71. The molecule has 0 aliphatic carbocycles. The highest BCUT2D eigenvalue weighted by Gasteiger charge is 2.29. The largest absolute Gasteiger partial charge is 0.339 e. The van der Waals surface area contributed by atoms with Crippen molar-refractivity contribution in [2.24, 2.45) is 0 Å². The van der Waals surface area contributed by atoms with Gasteiger partial charge in [0.25, 0.3) is 0 Å². The second-order valence-electron chi connectivity index (χ2n) is 8.82. The Hall–Kier alpha value is -4.07. The van der Waals surface area contributed by atoms with Gasteiger partial charge in [0.2, 0.25) is 10.0 Å². The molecule has 6 rings (SSSR count). The van der Waals surface area contributed by atoms with Crippen molar-refractivity contribution < 1.29 is 8.42 Å². The Morgan fingerprint density at radius 3 is 2.39 bits per heavy atom. The van der Waals surface area contributed by atoms with E-state index < -0.39 is 10.0 Å². The number of pyridine rings is 2. The van der Waals surface area contributed by atoms with Crippen LogP contribution < -0.4 is 5.32 Å². The molecule has 0 saturated carbocycles. The molecule has 6 nitrogen and oxygen atoms in total. The molecule has 0 spiro atoms. The van der Waals surface area contributed by atoms with E-state index in [0.29, 0.717) is 24.4 Å². The van der Waals surface area contributed by atoms with E-state index in [-0.39, 0.29) is 0 Å². The predicted molar refractivity (Wildman–Crippen MR) is 142 cm³/mol. The lowest BCUT2D eigenvalue weighted by molar-refractivity contribution is 0.391. The molecule has 0 amide bonds. The zero-order chi connectivity index (χ0) is 24.5. The molecule has 3 heterocycles. The summed E-state index contributed by atoms with van der Waals surface area (Å²) in [5.74, 6) is 0.744. The normalized spacial score (nSPS) is 13.9. The van der Waals surface area contributed by atoms with Gasteiger partial charge in [0.1, 0.15) is 5.82 Å². The predicted octanol–water partition coefficient (Wildman–Crippen LogP) is 5.79. The Labute approximate surface area is 210 Å². The van der Waals surface area contributed by atoms with Gasteiger partial charge < -0.3 is 5.32 Å². The number of anilines is 2. The van der Waals surface area contributed by atoms with Crippen LogP contribution in [0, 0.1) is 0 Å². The van der Waals surface area contributed by atoms with Gasteiger partial charge in [-0.25, -0.2) is 13.4 Å². The molecule has 0 saturated heterocycles. The maximum absolute atomic E-state index is 13.4. The summed E-state index contributed by atoms with van der Waals surface area (Å²) in [6.45, 7) is 0.706. The number of rotatable bonds is 5. The van der Waals surface area contributed by atoms with E-state index in [2.05, 4.69) is 15.3 Å². The summed E-state index contributed by atoms with van der Waals surface area (Å²) in [6.07, 6.45) is 4.09. The van der Waals surface area contributed by atoms with Crippen molar-refractivity contribution in [3.8, 4) is 11.1 Å². The van der Waals surface area contributed by atoms with Gasteiger partial charge in [0.05, 0.1) is 22.3 Å². The molecule has 1 N–H and O–H groups in total. The van der Waals surface area contributed by atoms with Gasteiger partial charge in [0.15, 0.2) is 0 Å². The van der Waals surface area contributed by atoms with E-state index in [0.717, 1.165) is 44.7 Å². The van der Waals surface area contributed by atoms with Crippen LogP contribution >= 0.6 is 0 Å². The highest BCUT2D eigenvalue weighted by atomic mass is 32.2. The number of sulfonamides is 1. The number of aromatic nitrogens is 2. The van der Waals surface area contributed by atoms with Crippen LogP contribution in [0.2, 0.25) is 0 Å². The van der Waals surface area contributed by atoms with Crippen molar-refractivity contribution >= 4 is 32.4 Å². The molecule has 178 valence electrons. The smallest absolute Gasteiger partial charge is 0.243 e. The first-order chi connectivity index (χ1) is 17.6. The molecule has 5 aromatic rings. The van der Waals surface area contributed by atoms with Crippen LogP contribution in [0.25, 0.3) is 22.0 Å². The molecular weight excluding hydrogens is 468 g/mol. The maximum atomic E-state index is 13.4. The Morgan fingerprint density at radius 2 is 1.56 bits per heavy atom. The molecule has 0 atom stereocenters. The first kappa shape index (κ1) is 22.4. The quantitative estimate of drug-likeness (QED) is 0.336. The number of nitrogens with zero attached hydrogens (tertiary/aromatic N) is 3. The highest BCUT2D eigenvalue weighted by molar-refractivity contribution is 7.89. The fourth-order valence-electron chi connectivity index (χ4n) is 4.65. The van der Waals surface area contributed by atoms with Gasteiger partial charge in [-0.1, -0.05) is 60.7 Å². The van der Waals surface area contributed by atoms with Crippen molar-refractivity contribution in [2.75, 3.05) is 11.9 Å². The van der Waals surface area contributed by atoms with Gasteiger partial charge in [-0.2, -0.15) is 4.31 Å². The van der Waals surface area contributed by atoms with Gasteiger partial charge >= 0.3 is 0 Å². The minimum atomic E-state index is -3.62. The minimum Gasteiger partial charge on any atom is -0.339 e. The van der Waals surface area contributed by atoms with Gasteiger partial charge in [0, 0.05) is 30.2 Å². The highest BCUT2D eigenvalue weighted by Crippen LogP contribution is 2.31. The Morgan fingerprint density at radius 1 is 0.806 bits per heavy atom. The first-order valence-corrected chi connectivity index (χ1v) is 13.3. The summed E-state index contributed by atoms with van der Waals surface area (Å²) in [6, 6.07) is 29.0. The number of benzene rings is 3. The number of fused-ring (bicyclic) bond motifs is 2. The SMILES string of the molecule is O=S(=O)(c1ccc(-c2ccccc2)cc1)N1CCc2c(ccnc2Nc2cnc3ccccc3c2)C1. The molecule has 3 aromatic carbocycles. The molecule has 36 heavy (non-hydrogen) atoms. The van der Waals surface area contributed by atoms with Crippen molar-refractivity contribution in [1.82, 2.24) is 14.3 Å². The molecule has 1 aliphatic rings. The summed E-state index contributed by atoms with van der Waals surface area (Å²) >= 11 is 0. The van der Waals surface area contributed by atoms with Gasteiger partial charge in [-0.15, -0.1) is 0 Å². The van der Waals surface area contributed by atoms with Crippen LogP contribution in [-0.2, 0) is 23.0 Å². The third kappa shape index (κ3) is 4.23. The average molecular weight is 493 g/mol. The summed E-state index contributed by atoms with van der Waals surface area (Å²) in [7, 11) is -3.62. The van der Waals surface area contributed by atoms with E-state index >= 15 is 0 Å². The van der Waals surface area contributed by atoms with Crippen molar-refractivity contribution in [2.45, 2.75) is 17.9 Å². The molecule has 7 heteroatoms. The van der Waals surface area contributed by atoms with Gasteiger partial charge in [-0.05, 0) is 53.4 Å². The number of para-hydroxylation sites is 1. The fraction of sp³-hybridized carbons (Fsp3) is 0.103. The zero-order valence-electron chi connectivity index (χ0n) is 19.5. The van der Waals surface area contributed by atoms with Crippen LogP contribution in [-0.4, -0.2) is 29.2 Å². The number of hydrogen-bond acceptors (Lipinski definition) is 5. The standard InChI is InChI=1S/C29H24N4O2S/c34-36(35,26-12-10-22(11-13-26)21-6-2-1-3-7-21)33-17-15-27-24(20-33)14-16-30-29(27)32-25-18-23-8-4-5-9-28(23)31-19-25/h1-14,16,18-19H,15,17,20H2,(H,30,32). The summed E-state index contributed by atoms with van der Waals surface area (Å²) in [5, 5.41) is 4.43. The topological polar surface area (TPSA) is 75.2 Å². The lowest BCUT2D eigenvalue weighted by Gasteiger charge is -2.29. The molecule has 1 aliphatic heterocycles. The third-order valence-electron chi connectivity index (χ3n) is 6.56. The second kappa shape index (κ2) is 9.18. The maximum Gasteiger partial charge on any atom is 0.243 e. The monoisotopic (exact) mass is 492 g/mol. The first-order valence-electron chi connectivity index (χ1n) is 11.8. The minimum absolute atomic E-state index is 0.306. The number of nitrogens with one attached hydrogen (secondary N) is 1. The fourth-order valence-corrected chi connectivity index (χ4v) is 6.07. The number of hydrogen-bond donors (Lipinski definition) is 1. The molecule has 0 unspecified atom stereocenters. The third-order valence-corrected chi connectivity index (χ3v) is 8.42. The Balaban J connectivity index is 1.23. The average Bonchev–Trinajstić information content (AvgIpc) is 2.93. The van der Waals surface area contributed by atoms with Crippen LogP contribution in [0.1, 0.15) is 11.1 Å². The summed E-state index contributed by atoms with van der Waals surface area (Å²) < 4.78 is 28.4. The lowest BCUT2D eigenvalue weighted by atomic mass is 10.0. The van der Waals surface area contributed by atoms with Crippen LogP contribution in [0.5, 0.6) is 0 Å². The van der Waals surface area contributed by atoms with Crippen molar-refractivity contribution in [3.05, 3.63) is 115 Å². The van der Waals surface area contributed by atoms with E-state index in [4.69, 9.17) is 0 Å². The summed E-state index contributed by atoms with van der Waals surface area (Å²) in [4.78, 5) is 9.37. The Bertz CT molecular complexity index is 1650. The lowest BCUT2D eigenvalue weighted by Crippen LogP contribution is -2.36. The van der Waals surface area contributed by atoms with Crippen LogP contribution in [0.3, 0.4) is 0 Å². The van der Waals surface area contributed by atoms with E-state index in [1.165, 1.54) is 0 Å². The zero-order valence-corrected chi connectivity index (χ0v) is 20.3. The van der Waals surface area contributed by atoms with Crippen molar-refractivity contribution in [3.63, 3.8) is 0 Å². The second-order valence-corrected chi connectivity index (χ2v) is 10.8. The molecule has 0 fully saturated rings. The van der Waals surface area contributed by atoms with E-state index in [1.807, 2.05) is 78.9 Å². The molecule has 0 bridgehead atoms. The van der Waals surface area contributed by atoms with Crippen LogP contribution in [0.15, 0.2) is 108 Å². The molecule has 2 aromatic heterocycles. The van der Waals surface area contributed by atoms with E-state index in [1.54, 1.807) is 28.8 Å². The van der Waals surface area contributed by atoms with Crippen LogP contribution in [0.4, 0.5) is 11.5 Å². The summed E-state index contributed by atoms with van der Waals surface area (Å²) in [5.41, 5.74) is 5.83. The molecular formula is C29H24N4O2S. The van der Waals surface area contributed by atoms with E-state index in [9.17, 15) is 8.42 Å². The molecule has 0 radical (unpaired) electrons. The van der Waals surface area contributed by atoms with Crippen molar-refractivity contribution in [1.29, 1.82) is 0 Å². The van der Waals surface area contributed by atoms with Gasteiger partial charge in [-0.3, -0.25) is 4.98 Å².